The molecule has 4 bridgehead atoms. The summed E-state index contributed by atoms with van der Waals surface area (Å²) >= 11 is 0. The van der Waals surface area contributed by atoms with E-state index in [4.69, 9.17) is 15.9 Å². The Labute approximate surface area is 469 Å². The number of hydrogen-bond donors (Lipinski definition) is 2. The first-order valence-electron chi connectivity index (χ1n) is 25.5. The Bertz CT molecular complexity index is 3650. The van der Waals surface area contributed by atoms with E-state index in [1.807, 2.05) is 0 Å². The highest BCUT2D eigenvalue weighted by atomic mass is 16.5. The molecule has 4 rings (SSSR count). The van der Waals surface area contributed by atoms with Gasteiger partial charge in [0.1, 0.15) is 0 Å². The number of fused-ring (bicyclic) bond motifs is 4. The van der Waals surface area contributed by atoms with Crippen molar-refractivity contribution in [3.05, 3.63) is 24.3 Å². The van der Waals surface area contributed by atoms with Crippen LogP contribution in [0.4, 0.5) is 0 Å². The van der Waals surface area contributed by atoms with Gasteiger partial charge in [-0.25, -0.2) is 0 Å². The maximum absolute atomic E-state index is 12.6. The first-order valence-corrected chi connectivity index (χ1v) is 25.5. The first kappa shape index (κ1) is 61.0. The van der Waals surface area contributed by atoms with Crippen molar-refractivity contribution in [3.63, 3.8) is 0 Å². The number of amides is 2. The van der Waals surface area contributed by atoms with Gasteiger partial charge in [0, 0.05) is 137 Å². The average molecular weight is 1030 g/mol. The predicted octanol–water partition coefficient (Wildman–Crippen LogP) is 5.00. The molecule has 79 heavy (non-hydrogen) atoms. The Hall–Kier alpha value is -10.6. The van der Waals surface area contributed by atoms with Gasteiger partial charge in [-0.15, -0.1) is 6.42 Å². The van der Waals surface area contributed by atoms with Crippen LogP contribution in [0.2, 0.25) is 0 Å². The summed E-state index contributed by atoms with van der Waals surface area (Å²) in [6.07, 6.45) is 9.34. The van der Waals surface area contributed by atoms with Gasteiger partial charge in [-0.1, -0.05) is 39.8 Å². The highest BCUT2D eigenvalue weighted by molar-refractivity contribution is 5.92. The van der Waals surface area contributed by atoms with Crippen LogP contribution in [0.3, 0.4) is 0 Å². The molecule has 0 aromatic carbocycles. The highest BCUT2D eigenvalue weighted by Gasteiger charge is 2.57. The van der Waals surface area contributed by atoms with E-state index in [1.54, 1.807) is 13.8 Å². The molecule has 12 unspecified atom stereocenters. The van der Waals surface area contributed by atoms with Crippen LogP contribution in [0.15, 0.2) is 24.3 Å². The van der Waals surface area contributed by atoms with Crippen LogP contribution in [0.1, 0.15) is 73.1 Å². The molecule has 2 amide bonds. The van der Waals surface area contributed by atoms with Crippen LogP contribution in [-0.4, -0.2) is 50.1 Å². The molecule has 0 radical (unpaired) electrons. The standard InChI is InChI=1S/C71H54N2O6/c1-9-10-11-12-13-14-15-16-17-18-19-20-21-22-23-24-25-26-27-28-29-30-31-32-33-34-35-36-37-38-39-40-41-42-43-63(69-58(8)65-51-60(69)49-62(65)53-79-67(75)45-47-73-71(77)55(4)5)56(6)68-57(7)64-50-59(68)48-61(64)52-78-66(74)44-46-72-70(76)54(2)3/h1,56-65,68-69H,2,4,44-53H2,3,5-8H3,(H,72,76)(H,73,77). The Balaban J connectivity index is 1.32. The van der Waals surface area contributed by atoms with Gasteiger partial charge in [0.2, 0.25) is 11.8 Å². The Morgan fingerprint density at radius 3 is 1.05 bits per heavy atom. The number of esters is 2. The minimum atomic E-state index is -0.320. The van der Waals surface area contributed by atoms with E-state index >= 15 is 0 Å². The number of ether oxygens (including phenoxy) is 2. The number of terminal acetylenes is 1. The number of carbonyl (C=O) groups excluding carboxylic acids is 4. The molecule has 12 atom stereocenters. The van der Waals surface area contributed by atoms with Crippen LogP contribution in [0.25, 0.3) is 0 Å². The zero-order chi connectivity index (χ0) is 57.0. The van der Waals surface area contributed by atoms with E-state index in [0.717, 1.165) is 25.7 Å². The third-order valence-corrected chi connectivity index (χ3v) is 14.0. The van der Waals surface area contributed by atoms with Crippen LogP contribution in [-0.2, 0) is 28.7 Å². The maximum atomic E-state index is 12.6. The zero-order valence-electron chi connectivity index (χ0n) is 44.9. The molecule has 0 aliphatic heterocycles. The fourth-order valence-corrected chi connectivity index (χ4v) is 11.0. The summed E-state index contributed by atoms with van der Waals surface area (Å²) < 4.78 is 11.5. The second kappa shape index (κ2) is 34.8. The molecular weight excluding hydrogens is 977 g/mol. The topological polar surface area (TPSA) is 111 Å². The molecule has 0 saturated heterocycles. The lowest BCUT2D eigenvalue weighted by Gasteiger charge is -2.44. The first-order chi connectivity index (χ1) is 38.3. The molecule has 4 fully saturated rings. The summed E-state index contributed by atoms with van der Waals surface area (Å²) in [7, 11) is 0. The summed E-state index contributed by atoms with van der Waals surface area (Å²) in [6, 6.07) is 0. The van der Waals surface area contributed by atoms with Crippen LogP contribution in [0.5, 0.6) is 0 Å². The molecular formula is C71H54N2O6. The van der Waals surface area contributed by atoms with Crippen molar-refractivity contribution in [3.8, 4) is 214 Å². The largest absolute Gasteiger partial charge is 0.465 e. The molecule has 4 aliphatic rings. The van der Waals surface area contributed by atoms with E-state index < -0.39 is 0 Å². The Morgan fingerprint density at radius 1 is 0.468 bits per heavy atom. The smallest absolute Gasteiger partial charge is 0.307 e. The van der Waals surface area contributed by atoms with Crippen molar-refractivity contribution in [2.75, 3.05) is 26.3 Å². The molecule has 2 N–H and O–H groups in total. The summed E-state index contributed by atoms with van der Waals surface area (Å²) in [5.41, 5.74) is 0.786. The lowest BCUT2D eigenvalue weighted by Crippen LogP contribution is -2.40. The van der Waals surface area contributed by atoms with Gasteiger partial charge in [-0.05, 0) is 199 Å². The SMILES string of the molecule is C#CC#CC#CC#CC#CC#CC#CC#CC#CC#CC#CC#CC#CC#CC#CC#CC#CC#CC(C(C)C1C2CC(COC(=O)CCNC(=O)C(=C)C)C(C2)C1C)C1C2CC(COC(=O)CCNC(=O)C(=C)C)C(C2)C1C. The molecule has 0 aromatic heterocycles. The fourth-order valence-electron chi connectivity index (χ4n) is 11.0. The van der Waals surface area contributed by atoms with E-state index in [2.05, 4.69) is 252 Å². The third-order valence-electron chi connectivity index (χ3n) is 14.0. The molecule has 0 heterocycles. The Morgan fingerprint density at radius 2 is 0.759 bits per heavy atom. The van der Waals surface area contributed by atoms with Crippen LogP contribution < -0.4 is 10.6 Å². The van der Waals surface area contributed by atoms with Crippen molar-refractivity contribution in [1.82, 2.24) is 10.6 Å². The second-order valence-corrected chi connectivity index (χ2v) is 18.9. The van der Waals surface area contributed by atoms with Crippen molar-refractivity contribution < 1.29 is 28.7 Å². The molecule has 4 saturated carbocycles. The summed E-state index contributed by atoms with van der Waals surface area (Å²) in [6.45, 7) is 18.7. The molecule has 8 heteroatoms. The highest BCUT2D eigenvalue weighted by Crippen LogP contribution is 2.62. The van der Waals surface area contributed by atoms with Crippen molar-refractivity contribution in [2.24, 2.45) is 71.0 Å². The quantitative estimate of drug-likeness (QED) is 0.136. The average Bonchev–Trinajstić information content (AvgIpc) is 4.43. The number of hydrogen-bond acceptors (Lipinski definition) is 6. The van der Waals surface area contributed by atoms with Crippen molar-refractivity contribution in [2.45, 2.75) is 73.1 Å². The Kier molecular flexibility index (Phi) is 26.9. The number of rotatable bonds is 15. The normalized spacial score (nSPS) is 21.1. The summed E-state index contributed by atoms with van der Waals surface area (Å²) in [5, 5.41) is 5.38. The van der Waals surface area contributed by atoms with E-state index in [9.17, 15) is 19.2 Å². The van der Waals surface area contributed by atoms with E-state index in [1.165, 1.54) is 0 Å². The molecule has 4 aliphatic carbocycles. The van der Waals surface area contributed by atoms with Gasteiger partial charge >= 0.3 is 11.9 Å². The van der Waals surface area contributed by atoms with Gasteiger partial charge in [0.05, 0.1) is 26.1 Å². The molecule has 384 valence electrons. The van der Waals surface area contributed by atoms with Gasteiger partial charge in [-0.2, -0.15) is 0 Å². The predicted molar refractivity (Wildman–Crippen MR) is 305 cm³/mol. The van der Waals surface area contributed by atoms with E-state index in [-0.39, 0.29) is 61.5 Å². The van der Waals surface area contributed by atoms with Crippen LogP contribution in [0, 0.1) is 285 Å². The molecule has 0 aromatic rings. The number of carbonyl (C=O) groups is 4. The monoisotopic (exact) mass is 1030 g/mol. The van der Waals surface area contributed by atoms with Gasteiger partial charge in [-0.3, -0.25) is 19.2 Å². The zero-order valence-corrected chi connectivity index (χ0v) is 44.9. The molecule has 0 spiro atoms. The minimum Gasteiger partial charge on any atom is -0.465 e. The van der Waals surface area contributed by atoms with Crippen LogP contribution >= 0.6 is 0 Å². The van der Waals surface area contributed by atoms with E-state index in [0.29, 0.717) is 83.5 Å². The minimum absolute atomic E-state index is 0.0951. The van der Waals surface area contributed by atoms with Crippen molar-refractivity contribution >= 4 is 23.8 Å². The number of nitrogens with one attached hydrogen (secondary N) is 2. The summed E-state index contributed by atoms with van der Waals surface area (Å²) in [4.78, 5) is 48.8. The van der Waals surface area contributed by atoms with Gasteiger partial charge in [0.25, 0.3) is 0 Å². The van der Waals surface area contributed by atoms with Gasteiger partial charge < -0.3 is 20.1 Å². The maximum Gasteiger partial charge on any atom is 0.307 e. The molecule has 8 nitrogen and oxygen atoms in total. The van der Waals surface area contributed by atoms with Crippen molar-refractivity contribution in [1.29, 1.82) is 0 Å². The lowest BCUT2D eigenvalue weighted by molar-refractivity contribution is -0.147. The summed E-state index contributed by atoms with van der Waals surface area (Å²) in [5.74, 6) is 94.0. The second-order valence-electron chi connectivity index (χ2n) is 18.9. The van der Waals surface area contributed by atoms with Gasteiger partial charge in [0.15, 0.2) is 0 Å². The fraction of sp³-hybridized carbons (Fsp3) is 0.380. The third kappa shape index (κ3) is 21.7. The lowest BCUT2D eigenvalue weighted by atomic mass is 9.61.